The van der Waals surface area contributed by atoms with E-state index in [1.807, 2.05) is 0 Å². The maximum absolute atomic E-state index is 12.9. The van der Waals surface area contributed by atoms with Crippen molar-refractivity contribution in [2.24, 2.45) is 0 Å². The highest BCUT2D eigenvalue weighted by Crippen LogP contribution is 2.15. The van der Waals surface area contributed by atoms with Gasteiger partial charge in [0.25, 0.3) is 0 Å². The van der Waals surface area contributed by atoms with Gasteiger partial charge in [0.05, 0.1) is 0 Å². The third-order valence-electron chi connectivity index (χ3n) is 14.6. The molecule has 0 radical (unpaired) electrons. The van der Waals surface area contributed by atoms with Gasteiger partial charge in [-0.3, -0.25) is 14.4 Å². The molecule has 0 rings (SSSR count). The lowest BCUT2D eigenvalue weighted by Gasteiger charge is -2.18. The summed E-state index contributed by atoms with van der Waals surface area (Å²) in [5.74, 6) is -0.906. The van der Waals surface area contributed by atoms with E-state index in [4.69, 9.17) is 14.2 Å². The third-order valence-corrected chi connectivity index (χ3v) is 14.6. The molecule has 0 heterocycles. The molecule has 0 aromatic rings. The van der Waals surface area contributed by atoms with E-state index >= 15 is 0 Å². The first-order valence-electron chi connectivity index (χ1n) is 34.7. The molecule has 0 aromatic heterocycles. The molecule has 0 aliphatic rings. The van der Waals surface area contributed by atoms with Gasteiger partial charge in [-0.05, 0) is 141 Å². The molecule has 0 fully saturated rings. The first kappa shape index (κ1) is 78.5. The van der Waals surface area contributed by atoms with Crippen LogP contribution < -0.4 is 0 Å². The van der Waals surface area contributed by atoms with Crippen molar-refractivity contribution in [1.29, 1.82) is 0 Å². The van der Waals surface area contributed by atoms with E-state index in [0.717, 1.165) is 128 Å². The molecule has 472 valence electrons. The van der Waals surface area contributed by atoms with Crippen molar-refractivity contribution in [1.82, 2.24) is 0 Å². The number of carbonyl (C=O) groups is 3. The van der Waals surface area contributed by atoms with E-state index in [-0.39, 0.29) is 31.1 Å². The Morgan fingerprint density at radius 3 is 0.759 bits per heavy atom. The Bertz CT molecular complexity index is 1750. The number of rotatable bonds is 62. The fourth-order valence-electron chi connectivity index (χ4n) is 9.43. The smallest absolute Gasteiger partial charge is 0.306 e. The van der Waals surface area contributed by atoms with Gasteiger partial charge < -0.3 is 14.2 Å². The molecule has 83 heavy (non-hydrogen) atoms. The molecule has 0 aliphatic carbocycles. The molecule has 0 aliphatic heterocycles. The van der Waals surface area contributed by atoms with E-state index in [2.05, 4.69) is 154 Å². The molecular formula is C77H128O6. The Morgan fingerprint density at radius 1 is 0.253 bits per heavy atom. The highest BCUT2D eigenvalue weighted by molar-refractivity contribution is 5.71. The van der Waals surface area contributed by atoms with Crippen LogP contribution in [0.3, 0.4) is 0 Å². The van der Waals surface area contributed by atoms with Gasteiger partial charge in [-0.15, -0.1) is 0 Å². The van der Waals surface area contributed by atoms with Crippen LogP contribution in [-0.2, 0) is 28.6 Å². The maximum Gasteiger partial charge on any atom is 0.306 e. The minimum absolute atomic E-state index is 0.0885. The first-order valence-corrected chi connectivity index (χ1v) is 34.7. The maximum atomic E-state index is 12.9. The molecule has 0 N–H and O–H groups in total. The minimum atomic E-state index is -0.792. The van der Waals surface area contributed by atoms with Crippen molar-refractivity contribution in [2.75, 3.05) is 13.2 Å². The number of esters is 3. The van der Waals surface area contributed by atoms with Crippen LogP contribution in [0.15, 0.2) is 134 Å². The zero-order valence-electron chi connectivity index (χ0n) is 54.2. The van der Waals surface area contributed by atoms with Gasteiger partial charge in [0, 0.05) is 19.3 Å². The lowest BCUT2D eigenvalue weighted by Crippen LogP contribution is -2.30. The van der Waals surface area contributed by atoms with Gasteiger partial charge in [-0.2, -0.15) is 0 Å². The van der Waals surface area contributed by atoms with Gasteiger partial charge in [-0.1, -0.05) is 289 Å². The normalized spacial score (nSPS) is 13.0. The van der Waals surface area contributed by atoms with Gasteiger partial charge in [0.15, 0.2) is 6.10 Å². The molecule has 0 saturated carbocycles. The van der Waals surface area contributed by atoms with Crippen molar-refractivity contribution in [3.8, 4) is 0 Å². The van der Waals surface area contributed by atoms with Gasteiger partial charge in [-0.25, -0.2) is 0 Å². The van der Waals surface area contributed by atoms with Crippen LogP contribution in [0.25, 0.3) is 0 Å². The SMILES string of the molecule is CC/C=C\C/C=C\C/C=C\C/C=C\C/C=C\C/C=C\C/C=C\C/C=C\C/C=C\CCCCCCCCCC(=O)OCC(COC(=O)CCCCCCC/C=C\CCCCCC)OC(=O)CCCCCCCCC/C=C\CCCCCCCC. The topological polar surface area (TPSA) is 78.9 Å². The lowest BCUT2D eigenvalue weighted by atomic mass is 10.1. The molecule has 0 bridgehead atoms. The number of unbranched alkanes of at least 4 members (excludes halogenated alkanes) is 29. The average Bonchev–Trinajstić information content (AvgIpc) is 3.49. The van der Waals surface area contributed by atoms with Gasteiger partial charge >= 0.3 is 17.9 Å². The number of ether oxygens (including phenoxy) is 3. The summed E-state index contributed by atoms with van der Waals surface area (Å²) in [6, 6.07) is 0. The molecule has 0 spiro atoms. The first-order chi connectivity index (χ1) is 41.0. The summed E-state index contributed by atoms with van der Waals surface area (Å²) in [5.41, 5.74) is 0. The molecule has 0 aromatic carbocycles. The molecule has 1 atom stereocenters. The summed E-state index contributed by atoms with van der Waals surface area (Å²) >= 11 is 0. The Labute approximate surface area is 513 Å². The lowest BCUT2D eigenvalue weighted by molar-refractivity contribution is -0.167. The highest BCUT2D eigenvalue weighted by atomic mass is 16.6. The van der Waals surface area contributed by atoms with E-state index in [9.17, 15) is 14.4 Å². The van der Waals surface area contributed by atoms with Crippen LogP contribution in [0.5, 0.6) is 0 Å². The second-order valence-corrected chi connectivity index (χ2v) is 22.7. The van der Waals surface area contributed by atoms with Gasteiger partial charge in [0.2, 0.25) is 0 Å². The Hall–Kier alpha value is -4.45. The van der Waals surface area contributed by atoms with Crippen LogP contribution in [0.4, 0.5) is 0 Å². The molecule has 6 heteroatoms. The summed E-state index contributed by atoms with van der Waals surface area (Å²) < 4.78 is 16.9. The quantitative estimate of drug-likeness (QED) is 0.0261. The van der Waals surface area contributed by atoms with Crippen LogP contribution in [0, 0.1) is 0 Å². The standard InChI is InChI=1S/C77H128O6/c1-4-7-10-13-16-19-22-25-27-29-30-31-32-33-34-35-36-37-38-39-40-41-42-43-44-45-46-48-49-52-55-58-61-64-67-70-76(79)82-73-74(72-81-75(78)69-66-63-60-57-54-51-24-21-18-15-12-9-6-3)83-77(80)71-68-65-62-59-56-53-50-47-28-26-23-20-17-14-11-8-5-2/h7,10,16,19,21,24-28,30-31,33-34,36-37,39-40,42-43,45-46,74H,4-6,8-9,11-15,17-18,20,22-23,29,32,35,38,41,44,47-73H2,1-3H3/b10-7-,19-16-,24-21-,27-25-,28-26-,31-30-,34-33-,37-36-,40-39-,43-42-,46-45-. The molecule has 0 saturated heterocycles. The van der Waals surface area contributed by atoms with E-state index < -0.39 is 6.10 Å². The zero-order chi connectivity index (χ0) is 59.9. The van der Waals surface area contributed by atoms with E-state index in [0.29, 0.717) is 19.3 Å². The fourth-order valence-corrected chi connectivity index (χ4v) is 9.43. The van der Waals surface area contributed by atoms with Crippen molar-refractivity contribution in [3.63, 3.8) is 0 Å². The highest BCUT2D eigenvalue weighted by Gasteiger charge is 2.19. The minimum Gasteiger partial charge on any atom is -0.462 e. The van der Waals surface area contributed by atoms with Crippen molar-refractivity contribution in [2.45, 2.75) is 322 Å². The summed E-state index contributed by atoms with van der Waals surface area (Å²) in [7, 11) is 0. The second kappa shape index (κ2) is 70.0. The van der Waals surface area contributed by atoms with E-state index in [1.165, 1.54) is 148 Å². The van der Waals surface area contributed by atoms with Crippen LogP contribution in [-0.4, -0.2) is 37.2 Å². The number of allylic oxidation sites excluding steroid dienone is 22. The van der Waals surface area contributed by atoms with Crippen LogP contribution in [0.2, 0.25) is 0 Å². The summed E-state index contributed by atoms with van der Waals surface area (Å²) in [5, 5.41) is 0. The average molecular weight is 1150 g/mol. The largest absolute Gasteiger partial charge is 0.462 e. The number of hydrogen-bond acceptors (Lipinski definition) is 6. The Morgan fingerprint density at radius 2 is 0.470 bits per heavy atom. The van der Waals surface area contributed by atoms with Gasteiger partial charge in [0.1, 0.15) is 13.2 Å². The zero-order valence-corrected chi connectivity index (χ0v) is 54.2. The molecule has 1 unspecified atom stereocenters. The number of hydrogen-bond donors (Lipinski definition) is 0. The van der Waals surface area contributed by atoms with Crippen molar-refractivity contribution >= 4 is 17.9 Å². The van der Waals surface area contributed by atoms with E-state index in [1.54, 1.807) is 0 Å². The Kier molecular flexibility index (Phi) is 66.3. The monoisotopic (exact) mass is 1150 g/mol. The summed E-state index contributed by atoms with van der Waals surface area (Å²) in [6.07, 6.45) is 99.0. The fraction of sp³-hybridized carbons (Fsp3) is 0.675. The third kappa shape index (κ3) is 68.2. The van der Waals surface area contributed by atoms with Crippen molar-refractivity contribution < 1.29 is 28.6 Å². The molecular weight excluding hydrogens is 1020 g/mol. The predicted molar refractivity (Wildman–Crippen MR) is 362 cm³/mol. The Balaban J connectivity index is 4.29. The molecule has 6 nitrogen and oxygen atoms in total. The van der Waals surface area contributed by atoms with Crippen LogP contribution >= 0.6 is 0 Å². The van der Waals surface area contributed by atoms with Crippen LogP contribution in [0.1, 0.15) is 316 Å². The van der Waals surface area contributed by atoms with Crippen molar-refractivity contribution in [3.05, 3.63) is 134 Å². The number of carbonyl (C=O) groups excluding carboxylic acids is 3. The summed E-state index contributed by atoms with van der Waals surface area (Å²) in [6.45, 7) is 6.50. The second-order valence-electron chi connectivity index (χ2n) is 22.7. The summed E-state index contributed by atoms with van der Waals surface area (Å²) in [4.78, 5) is 38.3. The predicted octanol–water partition coefficient (Wildman–Crippen LogP) is 24.1. The molecule has 0 amide bonds.